The lowest BCUT2D eigenvalue weighted by atomic mass is 10.1. The Morgan fingerprint density at radius 1 is 1.14 bits per heavy atom. The lowest BCUT2D eigenvalue weighted by Crippen LogP contribution is -2.31. The maximum Gasteiger partial charge on any atom is 0.225 e. The summed E-state index contributed by atoms with van der Waals surface area (Å²) in [7, 11) is 0. The average molecular weight is 288 g/mol. The molecule has 0 aliphatic heterocycles. The van der Waals surface area contributed by atoms with Crippen LogP contribution >= 0.6 is 0 Å². The summed E-state index contributed by atoms with van der Waals surface area (Å²) in [4.78, 5) is 12.0. The molecule has 1 aliphatic rings. The average Bonchev–Trinajstić information content (AvgIpc) is 2.73. The molecule has 2 N–H and O–H groups in total. The molecule has 116 valence electrons. The Balaban J connectivity index is 1.73. The Labute approximate surface area is 128 Å². The molecule has 3 heteroatoms. The molecule has 1 aromatic rings. The number of rotatable bonds is 5. The Morgan fingerprint density at radius 3 is 2.57 bits per heavy atom. The lowest BCUT2D eigenvalue weighted by molar-refractivity contribution is -0.116. The summed E-state index contributed by atoms with van der Waals surface area (Å²) < 4.78 is 0. The van der Waals surface area contributed by atoms with Gasteiger partial charge in [-0.3, -0.25) is 4.79 Å². The molecule has 0 aromatic heterocycles. The van der Waals surface area contributed by atoms with Gasteiger partial charge in [0.25, 0.3) is 0 Å². The van der Waals surface area contributed by atoms with Gasteiger partial charge in [-0.15, -0.1) is 0 Å². The first-order valence-corrected chi connectivity index (χ1v) is 8.26. The molecule has 1 aliphatic carbocycles. The second kappa shape index (κ2) is 8.18. The van der Waals surface area contributed by atoms with Crippen LogP contribution in [-0.4, -0.2) is 18.5 Å². The SMILES string of the molecule is Cc1cccc(NC(=O)CCNC2CCCCCC2)c1C. The molecule has 0 atom stereocenters. The van der Waals surface area contributed by atoms with Crippen molar-refractivity contribution in [1.29, 1.82) is 0 Å². The Kier molecular flexibility index (Phi) is 6.24. The zero-order valence-electron chi connectivity index (χ0n) is 13.4. The molecule has 1 amide bonds. The van der Waals surface area contributed by atoms with Crippen LogP contribution in [0.5, 0.6) is 0 Å². The van der Waals surface area contributed by atoms with Crippen LogP contribution < -0.4 is 10.6 Å². The van der Waals surface area contributed by atoms with E-state index in [1.165, 1.54) is 44.1 Å². The summed E-state index contributed by atoms with van der Waals surface area (Å²) in [5.74, 6) is 0.102. The van der Waals surface area contributed by atoms with E-state index in [0.717, 1.165) is 17.8 Å². The fourth-order valence-electron chi connectivity index (χ4n) is 2.97. The topological polar surface area (TPSA) is 41.1 Å². The third kappa shape index (κ3) is 5.16. The molecule has 0 radical (unpaired) electrons. The first-order valence-electron chi connectivity index (χ1n) is 8.26. The third-order valence-corrected chi connectivity index (χ3v) is 4.52. The number of carbonyl (C=O) groups excluding carboxylic acids is 1. The molecule has 3 nitrogen and oxygen atoms in total. The largest absolute Gasteiger partial charge is 0.326 e. The van der Waals surface area contributed by atoms with E-state index in [9.17, 15) is 4.79 Å². The molecule has 1 saturated carbocycles. The van der Waals surface area contributed by atoms with Crippen molar-refractivity contribution in [1.82, 2.24) is 5.32 Å². The summed E-state index contributed by atoms with van der Waals surface area (Å²) in [5.41, 5.74) is 3.31. The normalized spacial score (nSPS) is 16.5. The second-order valence-electron chi connectivity index (χ2n) is 6.19. The maximum absolute atomic E-state index is 12.0. The van der Waals surface area contributed by atoms with Gasteiger partial charge in [0.1, 0.15) is 0 Å². The number of anilines is 1. The van der Waals surface area contributed by atoms with Gasteiger partial charge in [-0.2, -0.15) is 0 Å². The molecular weight excluding hydrogens is 260 g/mol. The summed E-state index contributed by atoms with van der Waals surface area (Å²) in [6.45, 7) is 4.90. The molecule has 2 rings (SSSR count). The van der Waals surface area contributed by atoms with E-state index in [2.05, 4.69) is 30.5 Å². The van der Waals surface area contributed by atoms with Gasteiger partial charge in [0, 0.05) is 24.7 Å². The Bertz CT molecular complexity index is 462. The molecule has 1 aromatic carbocycles. The van der Waals surface area contributed by atoms with Crippen LogP contribution in [0.25, 0.3) is 0 Å². The van der Waals surface area contributed by atoms with Crippen LogP contribution in [0, 0.1) is 13.8 Å². The first-order chi connectivity index (χ1) is 10.2. The van der Waals surface area contributed by atoms with E-state index in [1.54, 1.807) is 0 Å². The highest BCUT2D eigenvalue weighted by Crippen LogP contribution is 2.18. The minimum absolute atomic E-state index is 0.102. The van der Waals surface area contributed by atoms with E-state index >= 15 is 0 Å². The number of nitrogens with one attached hydrogen (secondary N) is 2. The first kappa shape index (κ1) is 16.0. The van der Waals surface area contributed by atoms with Crippen LogP contribution in [0.1, 0.15) is 56.1 Å². The number of hydrogen-bond acceptors (Lipinski definition) is 2. The number of benzene rings is 1. The van der Waals surface area contributed by atoms with E-state index in [-0.39, 0.29) is 5.91 Å². The Hall–Kier alpha value is -1.35. The number of hydrogen-bond donors (Lipinski definition) is 2. The highest BCUT2D eigenvalue weighted by atomic mass is 16.1. The molecule has 0 spiro atoms. The number of amides is 1. The summed E-state index contributed by atoms with van der Waals surface area (Å²) in [5, 5.41) is 6.57. The van der Waals surface area contributed by atoms with E-state index < -0.39 is 0 Å². The summed E-state index contributed by atoms with van der Waals surface area (Å²) in [6.07, 6.45) is 8.45. The number of carbonyl (C=O) groups is 1. The van der Waals surface area contributed by atoms with Crippen molar-refractivity contribution in [2.45, 2.75) is 64.8 Å². The second-order valence-corrected chi connectivity index (χ2v) is 6.19. The molecule has 1 fully saturated rings. The van der Waals surface area contributed by atoms with Gasteiger partial charge in [0.15, 0.2) is 0 Å². The van der Waals surface area contributed by atoms with Crippen molar-refractivity contribution < 1.29 is 4.79 Å². The fourth-order valence-corrected chi connectivity index (χ4v) is 2.97. The van der Waals surface area contributed by atoms with Crippen LogP contribution in [0.15, 0.2) is 18.2 Å². The van der Waals surface area contributed by atoms with Crippen LogP contribution in [-0.2, 0) is 4.79 Å². The highest BCUT2D eigenvalue weighted by molar-refractivity contribution is 5.91. The van der Waals surface area contributed by atoms with Crippen molar-refractivity contribution >= 4 is 11.6 Å². The summed E-state index contributed by atoms with van der Waals surface area (Å²) in [6, 6.07) is 6.64. The van der Waals surface area contributed by atoms with Crippen LogP contribution in [0.2, 0.25) is 0 Å². The molecule has 0 unspecified atom stereocenters. The summed E-state index contributed by atoms with van der Waals surface area (Å²) >= 11 is 0. The van der Waals surface area contributed by atoms with E-state index in [1.807, 2.05) is 12.1 Å². The van der Waals surface area contributed by atoms with Crippen molar-refractivity contribution in [3.8, 4) is 0 Å². The minimum atomic E-state index is 0.102. The quantitative estimate of drug-likeness (QED) is 0.806. The van der Waals surface area contributed by atoms with E-state index in [0.29, 0.717) is 12.5 Å². The Morgan fingerprint density at radius 2 is 1.86 bits per heavy atom. The zero-order valence-corrected chi connectivity index (χ0v) is 13.4. The molecule has 0 heterocycles. The number of aryl methyl sites for hydroxylation is 1. The third-order valence-electron chi connectivity index (χ3n) is 4.52. The smallest absolute Gasteiger partial charge is 0.225 e. The lowest BCUT2D eigenvalue weighted by Gasteiger charge is -2.16. The van der Waals surface area contributed by atoms with Gasteiger partial charge in [-0.05, 0) is 43.9 Å². The molecule has 21 heavy (non-hydrogen) atoms. The van der Waals surface area contributed by atoms with Gasteiger partial charge in [0.2, 0.25) is 5.91 Å². The van der Waals surface area contributed by atoms with Gasteiger partial charge < -0.3 is 10.6 Å². The highest BCUT2D eigenvalue weighted by Gasteiger charge is 2.12. The van der Waals surface area contributed by atoms with Gasteiger partial charge in [-0.1, -0.05) is 37.8 Å². The standard InChI is InChI=1S/C18H28N2O/c1-14-8-7-11-17(15(14)2)20-18(21)12-13-19-16-9-5-3-4-6-10-16/h7-8,11,16,19H,3-6,9-10,12-13H2,1-2H3,(H,20,21). The predicted octanol–water partition coefficient (Wildman–Crippen LogP) is 3.94. The van der Waals surface area contributed by atoms with Gasteiger partial charge >= 0.3 is 0 Å². The van der Waals surface area contributed by atoms with Crippen LogP contribution in [0.4, 0.5) is 5.69 Å². The zero-order chi connectivity index (χ0) is 15.1. The molecule has 0 saturated heterocycles. The van der Waals surface area contributed by atoms with Crippen molar-refractivity contribution in [3.05, 3.63) is 29.3 Å². The van der Waals surface area contributed by atoms with Crippen molar-refractivity contribution in [2.24, 2.45) is 0 Å². The predicted molar refractivity (Wildman–Crippen MR) is 88.7 cm³/mol. The van der Waals surface area contributed by atoms with Gasteiger partial charge in [0.05, 0.1) is 0 Å². The maximum atomic E-state index is 12.0. The molecular formula is C18H28N2O. The van der Waals surface area contributed by atoms with Crippen LogP contribution in [0.3, 0.4) is 0 Å². The van der Waals surface area contributed by atoms with Crippen molar-refractivity contribution in [3.63, 3.8) is 0 Å². The fraction of sp³-hybridized carbons (Fsp3) is 0.611. The van der Waals surface area contributed by atoms with Gasteiger partial charge in [-0.25, -0.2) is 0 Å². The monoisotopic (exact) mass is 288 g/mol. The van der Waals surface area contributed by atoms with E-state index in [4.69, 9.17) is 0 Å². The minimum Gasteiger partial charge on any atom is -0.326 e. The molecule has 0 bridgehead atoms. The van der Waals surface area contributed by atoms with Crippen molar-refractivity contribution in [2.75, 3.05) is 11.9 Å².